The van der Waals surface area contributed by atoms with Gasteiger partial charge in [-0.25, -0.2) is 14.2 Å². The quantitative estimate of drug-likeness (QED) is 0.672. The summed E-state index contributed by atoms with van der Waals surface area (Å²) in [6.07, 6.45) is 0.728. The zero-order chi connectivity index (χ0) is 24.7. The molecule has 5 rings (SSSR count). The van der Waals surface area contributed by atoms with Crippen molar-refractivity contribution in [2.45, 2.75) is 37.5 Å². The molecule has 2 aromatic rings. The molecule has 2 unspecified atom stereocenters. The summed E-state index contributed by atoms with van der Waals surface area (Å²) in [6, 6.07) is 9.94. The molecule has 2 aromatic carbocycles. The average molecular weight is 485 g/mol. The number of carbonyl (C=O) groups is 2. The number of carbonyl (C=O) groups excluding carboxylic acids is 2. The lowest BCUT2D eigenvalue weighted by molar-refractivity contribution is -0.130. The monoisotopic (exact) mass is 484 g/mol. The van der Waals surface area contributed by atoms with Crippen LogP contribution in [0.5, 0.6) is 11.5 Å². The fraction of sp³-hybridized carbons (Fsp3) is 0.440. The minimum atomic E-state index is -0.626. The molecule has 10 heteroatoms. The molecule has 3 aliphatic rings. The fourth-order valence-electron chi connectivity index (χ4n) is 5.79. The molecular weight excluding hydrogens is 455 g/mol. The summed E-state index contributed by atoms with van der Waals surface area (Å²) in [5, 5.41) is 13.5. The highest BCUT2D eigenvalue weighted by atomic mass is 19.1. The van der Waals surface area contributed by atoms with E-state index in [1.165, 1.54) is 24.3 Å². The molecule has 35 heavy (non-hydrogen) atoms. The lowest BCUT2D eigenvalue weighted by Crippen LogP contribution is -2.56. The van der Waals surface area contributed by atoms with E-state index in [1.54, 1.807) is 24.3 Å². The average Bonchev–Trinajstić information content (AvgIpc) is 3.48. The minimum Gasteiger partial charge on any atom is -0.508 e. The predicted molar refractivity (Wildman–Crippen MR) is 123 cm³/mol. The molecule has 3 N–H and O–H groups in total. The Balaban J connectivity index is 1.71. The van der Waals surface area contributed by atoms with Crippen LogP contribution in [-0.4, -0.2) is 65.0 Å². The molecule has 0 saturated carbocycles. The fourth-order valence-corrected chi connectivity index (χ4v) is 5.79. The molecule has 0 radical (unpaired) electrons. The molecule has 3 heterocycles. The SMILES string of the molecule is COC(=O)N1[C@H](c2cccc(O)c2)[C@@H]2COc3ccc(F)cc3C2N1C(CC(N)=O)N1CCCC1. The van der Waals surface area contributed by atoms with Gasteiger partial charge in [-0.2, -0.15) is 5.01 Å². The lowest BCUT2D eigenvalue weighted by Gasteiger charge is -2.43. The highest BCUT2D eigenvalue weighted by Gasteiger charge is 2.57. The zero-order valence-corrected chi connectivity index (χ0v) is 19.5. The van der Waals surface area contributed by atoms with Crippen LogP contribution in [0.15, 0.2) is 42.5 Å². The van der Waals surface area contributed by atoms with Crippen LogP contribution in [0.25, 0.3) is 0 Å². The van der Waals surface area contributed by atoms with Crippen LogP contribution in [0.3, 0.4) is 0 Å². The first-order valence-corrected chi connectivity index (χ1v) is 11.8. The smallest absolute Gasteiger partial charge is 0.424 e. The molecule has 186 valence electrons. The van der Waals surface area contributed by atoms with E-state index in [-0.39, 0.29) is 24.7 Å². The number of amides is 2. The zero-order valence-electron chi connectivity index (χ0n) is 19.5. The maximum atomic E-state index is 14.5. The number of fused-ring (bicyclic) bond motifs is 3. The number of rotatable bonds is 5. The van der Waals surface area contributed by atoms with Crippen LogP contribution in [0.2, 0.25) is 0 Å². The summed E-state index contributed by atoms with van der Waals surface area (Å²) in [5.74, 6) is -0.679. The number of nitrogens with zero attached hydrogens (tertiary/aromatic N) is 3. The van der Waals surface area contributed by atoms with Gasteiger partial charge in [0, 0.05) is 11.5 Å². The first-order chi connectivity index (χ1) is 16.9. The van der Waals surface area contributed by atoms with E-state index < -0.39 is 36.1 Å². The van der Waals surface area contributed by atoms with Gasteiger partial charge in [0.25, 0.3) is 0 Å². The number of phenols is 1. The van der Waals surface area contributed by atoms with E-state index in [4.69, 9.17) is 15.2 Å². The van der Waals surface area contributed by atoms with Gasteiger partial charge in [-0.1, -0.05) is 12.1 Å². The molecule has 2 saturated heterocycles. The van der Waals surface area contributed by atoms with Gasteiger partial charge in [0.1, 0.15) is 17.3 Å². The van der Waals surface area contributed by atoms with Crippen molar-refractivity contribution in [2.75, 3.05) is 26.8 Å². The summed E-state index contributed by atoms with van der Waals surface area (Å²) in [5.41, 5.74) is 6.96. The van der Waals surface area contributed by atoms with E-state index in [0.29, 0.717) is 16.9 Å². The molecule has 9 nitrogen and oxygen atoms in total. The van der Waals surface area contributed by atoms with E-state index in [1.807, 2.05) is 11.1 Å². The number of hydrazine groups is 1. The number of phenolic OH excluding ortho intramolecular Hbond substituents is 1. The van der Waals surface area contributed by atoms with E-state index in [2.05, 4.69) is 4.90 Å². The van der Waals surface area contributed by atoms with Crippen LogP contribution >= 0.6 is 0 Å². The van der Waals surface area contributed by atoms with Gasteiger partial charge >= 0.3 is 6.09 Å². The summed E-state index contributed by atoms with van der Waals surface area (Å²) in [4.78, 5) is 27.7. The number of hydrogen-bond acceptors (Lipinski definition) is 7. The first kappa shape index (κ1) is 23.4. The minimum absolute atomic E-state index is 0.0189. The van der Waals surface area contributed by atoms with Crippen molar-refractivity contribution in [1.29, 1.82) is 0 Å². The van der Waals surface area contributed by atoms with Crippen molar-refractivity contribution in [3.8, 4) is 11.5 Å². The highest BCUT2D eigenvalue weighted by Crippen LogP contribution is 2.55. The van der Waals surface area contributed by atoms with Crippen LogP contribution in [0, 0.1) is 11.7 Å². The van der Waals surface area contributed by atoms with Gasteiger partial charge in [0.15, 0.2) is 0 Å². The van der Waals surface area contributed by atoms with Crippen molar-refractivity contribution in [2.24, 2.45) is 11.7 Å². The molecule has 4 atom stereocenters. The second-order valence-electron chi connectivity index (χ2n) is 9.23. The Morgan fingerprint density at radius 1 is 1.20 bits per heavy atom. The number of likely N-dealkylation sites (tertiary alicyclic amines) is 1. The Hall–Kier alpha value is -3.37. The maximum Gasteiger partial charge on any atom is 0.424 e. The van der Waals surface area contributed by atoms with Gasteiger partial charge in [-0.3, -0.25) is 9.69 Å². The van der Waals surface area contributed by atoms with Crippen molar-refractivity contribution in [3.63, 3.8) is 0 Å². The van der Waals surface area contributed by atoms with Crippen LogP contribution in [0.4, 0.5) is 9.18 Å². The third-order valence-electron chi connectivity index (χ3n) is 7.15. The van der Waals surface area contributed by atoms with E-state index in [9.17, 15) is 19.1 Å². The van der Waals surface area contributed by atoms with Crippen LogP contribution in [-0.2, 0) is 9.53 Å². The number of primary amides is 1. The number of hydrogen-bond donors (Lipinski definition) is 2. The molecule has 0 spiro atoms. The number of ether oxygens (including phenoxy) is 2. The summed E-state index contributed by atoms with van der Waals surface area (Å²) >= 11 is 0. The molecule has 0 aliphatic carbocycles. The van der Waals surface area contributed by atoms with Gasteiger partial charge in [0.05, 0.1) is 38.4 Å². The Morgan fingerprint density at radius 2 is 1.97 bits per heavy atom. The molecule has 3 aliphatic heterocycles. The topological polar surface area (TPSA) is 109 Å². The normalized spacial score (nSPS) is 25.0. The summed E-state index contributed by atoms with van der Waals surface area (Å²) in [7, 11) is 1.30. The summed E-state index contributed by atoms with van der Waals surface area (Å²) in [6.45, 7) is 1.73. The van der Waals surface area contributed by atoms with Crippen molar-refractivity contribution in [3.05, 3.63) is 59.4 Å². The van der Waals surface area contributed by atoms with Crippen molar-refractivity contribution >= 4 is 12.0 Å². The Kier molecular flexibility index (Phi) is 6.24. The number of aromatic hydroxyl groups is 1. The standard InChI is InChI=1S/C25H29FN4O5/c1-34-25(33)30-23(15-5-4-6-17(31)11-15)19-14-35-20-8-7-16(26)12-18(20)24(19)29(30)22(13-21(27)32)28-9-2-3-10-28/h4-8,11-12,19,22-24,31H,2-3,9-10,13-14H2,1H3,(H2,27,32)/t19-,22?,23+,24?/m0/s1. The number of benzene rings is 2. The Bertz CT molecular complexity index is 1120. The Morgan fingerprint density at radius 3 is 2.66 bits per heavy atom. The van der Waals surface area contributed by atoms with Gasteiger partial charge in [-0.05, 0) is 61.8 Å². The second kappa shape index (κ2) is 9.35. The number of methoxy groups -OCH3 is 1. The molecule has 0 bridgehead atoms. The number of nitrogens with two attached hydrogens (primary N) is 1. The van der Waals surface area contributed by atoms with Crippen molar-refractivity contribution in [1.82, 2.24) is 14.9 Å². The number of halogens is 1. The maximum absolute atomic E-state index is 14.5. The van der Waals surface area contributed by atoms with Crippen LogP contribution in [0.1, 0.15) is 42.5 Å². The highest BCUT2D eigenvalue weighted by molar-refractivity contribution is 5.74. The third-order valence-corrected chi connectivity index (χ3v) is 7.15. The van der Waals surface area contributed by atoms with E-state index in [0.717, 1.165) is 25.9 Å². The molecule has 2 amide bonds. The van der Waals surface area contributed by atoms with E-state index >= 15 is 0 Å². The third kappa shape index (κ3) is 4.17. The summed E-state index contributed by atoms with van der Waals surface area (Å²) < 4.78 is 25.7. The van der Waals surface area contributed by atoms with Gasteiger partial charge in [0.2, 0.25) is 5.91 Å². The largest absolute Gasteiger partial charge is 0.508 e. The van der Waals surface area contributed by atoms with Gasteiger partial charge in [-0.15, -0.1) is 0 Å². The van der Waals surface area contributed by atoms with Gasteiger partial charge < -0.3 is 20.3 Å². The molecule has 2 fully saturated rings. The van der Waals surface area contributed by atoms with Crippen molar-refractivity contribution < 1.29 is 28.6 Å². The molecular formula is C25H29FN4O5. The lowest BCUT2D eigenvalue weighted by atomic mass is 9.84. The predicted octanol–water partition coefficient (Wildman–Crippen LogP) is 2.92. The Labute approximate surface area is 202 Å². The molecule has 0 aromatic heterocycles. The first-order valence-electron chi connectivity index (χ1n) is 11.8. The second-order valence-corrected chi connectivity index (χ2v) is 9.23. The van der Waals surface area contributed by atoms with Crippen LogP contribution < -0.4 is 10.5 Å².